The van der Waals surface area contributed by atoms with Crippen molar-refractivity contribution >= 4 is 34.5 Å². The maximum absolute atomic E-state index is 12.4. The van der Waals surface area contributed by atoms with Crippen LogP contribution in [0, 0.1) is 0 Å². The highest BCUT2D eigenvalue weighted by molar-refractivity contribution is 7.99. The first-order chi connectivity index (χ1) is 15.7. The van der Waals surface area contributed by atoms with Gasteiger partial charge in [-0.2, -0.15) is 5.10 Å². The minimum absolute atomic E-state index is 0.0162. The minimum atomic E-state index is -0.0162. The molecule has 1 saturated heterocycles. The fourth-order valence-corrected chi connectivity index (χ4v) is 4.48. The molecule has 0 aliphatic carbocycles. The highest BCUT2D eigenvalue weighted by atomic mass is 32.2. The number of ether oxygens (including phenoxy) is 1. The van der Waals surface area contributed by atoms with Crippen molar-refractivity contribution in [3.05, 3.63) is 36.0 Å². The number of fused-ring (bicyclic) bond motifs is 1. The van der Waals surface area contributed by atoms with Crippen molar-refractivity contribution in [3.8, 4) is 5.75 Å². The summed E-state index contributed by atoms with van der Waals surface area (Å²) in [6.45, 7) is 5.20. The number of methoxy groups -OCH3 is 1. The van der Waals surface area contributed by atoms with Gasteiger partial charge in [0, 0.05) is 19.6 Å². The Morgan fingerprint density at radius 3 is 2.66 bits per heavy atom. The molecule has 1 amide bonds. The van der Waals surface area contributed by atoms with Crippen LogP contribution < -0.4 is 15.0 Å². The van der Waals surface area contributed by atoms with Crippen molar-refractivity contribution in [2.45, 2.75) is 44.3 Å². The maximum Gasteiger partial charge on any atom is 0.224 e. The van der Waals surface area contributed by atoms with Gasteiger partial charge in [0.1, 0.15) is 11.6 Å². The second-order valence-corrected chi connectivity index (χ2v) is 9.02. The number of thioether (sulfide) groups is 1. The van der Waals surface area contributed by atoms with Gasteiger partial charge in [0.2, 0.25) is 5.91 Å². The van der Waals surface area contributed by atoms with Gasteiger partial charge in [-0.25, -0.2) is 14.6 Å². The molecular formula is C23H30N6O2S. The van der Waals surface area contributed by atoms with Crippen LogP contribution in [-0.4, -0.2) is 58.2 Å². The largest absolute Gasteiger partial charge is 0.497 e. The Morgan fingerprint density at radius 2 is 1.94 bits per heavy atom. The summed E-state index contributed by atoms with van der Waals surface area (Å²) in [5.74, 6) is 2.67. The summed E-state index contributed by atoms with van der Waals surface area (Å²) in [6, 6.07) is 7.55. The van der Waals surface area contributed by atoms with Gasteiger partial charge in [-0.3, -0.25) is 4.79 Å². The van der Waals surface area contributed by atoms with Crippen LogP contribution >= 0.6 is 11.8 Å². The third kappa shape index (κ3) is 5.32. The molecule has 3 aromatic rings. The van der Waals surface area contributed by atoms with E-state index < -0.39 is 0 Å². The third-order valence-corrected chi connectivity index (χ3v) is 6.28. The van der Waals surface area contributed by atoms with Gasteiger partial charge >= 0.3 is 0 Å². The Kier molecular flexibility index (Phi) is 7.47. The van der Waals surface area contributed by atoms with Gasteiger partial charge in [0.25, 0.3) is 0 Å². The first kappa shape index (κ1) is 22.4. The van der Waals surface area contributed by atoms with E-state index in [0.717, 1.165) is 52.2 Å². The van der Waals surface area contributed by atoms with Crippen molar-refractivity contribution in [2.24, 2.45) is 0 Å². The number of hydrogen-bond donors (Lipinski definition) is 1. The molecule has 1 aromatic carbocycles. The van der Waals surface area contributed by atoms with Crippen molar-refractivity contribution in [2.75, 3.05) is 37.4 Å². The van der Waals surface area contributed by atoms with Gasteiger partial charge < -0.3 is 15.0 Å². The highest BCUT2D eigenvalue weighted by Gasteiger charge is 2.20. The van der Waals surface area contributed by atoms with E-state index in [1.807, 2.05) is 35.1 Å². The summed E-state index contributed by atoms with van der Waals surface area (Å²) < 4.78 is 7.03. The number of hydrogen-bond acceptors (Lipinski definition) is 7. The molecular weight excluding hydrogens is 424 g/mol. The number of piperidine rings is 1. The van der Waals surface area contributed by atoms with E-state index in [1.165, 1.54) is 19.3 Å². The molecule has 1 fully saturated rings. The number of carbonyl (C=O) groups excluding carboxylic acids is 1. The number of benzene rings is 1. The number of anilines is 1. The molecule has 0 atom stereocenters. The second-order valence-electron chi connectivity index (χ2n) is 7.79. The van der Waals surface area contributed by atoms with Crippen LogP contribution in [0.5, 0.6) is 5.75 Å². The predicted molar refractivity (Wildman–Crippen MR) is 127 cm³/mol. The summed E-state index contributed by atoms with van der Waals surface area (Å²) in [5.41, 5.74) is 1.79. The maximum atomic E-state index is 12.4. The summed E-state index contributed by atoms with van der Waals surface area (Å²) >= 11 is 1.64. The lowest BCUT2D eigenvalue weighted by atomic mass is 10.1. The Balaban J connectivity index is 1.43. The highest BCUT2D eigenvalue weighted by Crippen LogP contribution is 2.29. The zero-order valence-electron chi connectivity index (χ0n) is 18.7. The van der Waals surface area contributed by atoms with Crippen LogP contribution in [0.1, 0.15) is 31.7 Å². The average molecular weight is 455 g/mol. The molecule has 170 valence electrons. The zero-order valence-corrected chi connectivity index (χ0v) is 19.5. The second kappa shape index (κ2) is 10.7. The molecule has 1 N–H and O–H groups in total. The average Bonchev–Trinajstić information content (AvgIpc) is 3.23. The van der Waals surface area contributed by atoms with Crippen molar-refractivity contribution < 1.29 is 9.53 Å². The monoisotopic (exact) mass is 454 g/mol. The standard InChI is InChI=1S/C23H30N6O2S/c1-3-32-23-26-21(28-12-5-4-6-13-28)19-16-25-29(22(19)27-23)14-11-24-20(30)15-17-7-9-18(31-2)10-8-17/h7-10,16H,3-6,11-15H2,1-2H3,(H,24,30). The topological polar surface area (TPSA) is 85.2 Å². The summed E-state index contributed by atoms with van der Waals surface area (Å²) in [4.78, 5) is 24.3. The van der Waals surface area contributed by atoms with Crippen LogP contribution in [0.2, 0.25) is 0 Å². The first-order valence-electron chi connectivity index (χ1n) is 11.2. The lowest BCUT2D eigenvalue weighted by molar-refractivity contribution is -0.120. The van der Waals surface area contributed by atoms with Gasteiger partial charge in [-0.05, 0) is 42.7 Å². The molecule has 0 radical (unpaired) electrons. The minimum Gasteiger partial charge on any atom is -0.497 e. The smallest absolute Gasteiger partial charge is 0.224 e. The molecule has 0 saturated carbocycles. The number of nitrogens with zero attached hydrogens (tertiary/aromatic N) is 5. The van der Waals surface area contributed by atoms with Crippen LogP contribution in [-0.2, 0) is 17.8 Å². The first-order valence-corrected chi connectivity index (χ1v) is 12.2. The Labute approximate surface area is 192 Å². The molecule has 2 aromatic heterocycles. The van der Waals surface area contributed by atoms with Crippen LogP contribution in [0.25, 0.3) is 11.0 Å². The van der Waals surface area contributed by atoms with E-state index in [2.05, 4.69) is 22.2 Å². The van der Waals surface area contributed by atoms with Crippen molar-refractivity contribution in [3.63, 3.8) is 0 Å². The summed E-state index contributed by atoms with van der Waals surface area (Å²) in [6.07, 6.45) is 5.85. The number of carbonyl (C=O) groups is 1. The van der Waals surface area contributed by atoms with Crippen molar-refractivity contribution in [1.29, 1.82) is 0 Å². The fourth-order valence-electron chi connectivity index (χ4n) is 3.92. The number of rotatable bonds is 9. The van der Waals surface area contributed by atoms with Gasteiger partial charge in [0.15, 0.2) is 10.8 Å². The Morgan fingerprint density at radius 1 is 1.16 bits per heavy atom. The van der Waals surface area contributed by atoms with Crippen molar-refractivity contribution in [1.82, 2.24) is 25.1 Å². The van der Waals surface area contributed by atoms with E-state index in [0.29, 0.717) is 19.5 Å². The Hall–Kier alpha value is -2.81. The van der Waals surface area contributed by atoms with Crippen LogP contribution in [0.15, 0.2) is 35.6 Å². The number of amides is 1. The van der Waals surface area contributed by atoms with E-state index >= 15 is 0 Å². The van der Waals surface area contributed by atoms with E-state index in [1.54, 1.807) is 18.9 Å². The van der Waals surface area contributed by atoms with Gasteiger partial charge in [-0.15, -0.1) is 0 Å². The molecule has 1 aliphatic heterocycles. The predicted octanol–water partition coefficient (Wildman–Crippen LogP) is 3.30. The van der Waals surface area contributed by atoms with Gasteiger partial charge in [0.05, 0.1) is 31.7 Å². The molecule has 0 spiro atoms. The van der Waals surface area contributed by atoms with E-state index in [4.69, 9.17) is 14.7 Å². The number of aromatic nitrogens is 4. The quantitative estimate of drug-likeness (QED) is 0.392. The summed E-state index contributed by atoms with van der Waals surface area (Å²) in [7, 11) is 1.63. The number of nitrogens with one attached hydrogen (secondary N) is 1. The molecule has 32 heavy (non-hydrogen) atoms. The van der Waals surface area contributed by atoms with Gasteiger partial charge in [-0.1, -0.05) is 30.8 Å². The molecule has 3 heterocycles. The zero-order chi connectivity index (χ0) is 22.3. The van der Waals surface area contributed by atoms with Crippen LogP contribution in [0.4, 0.5) is 5.82 Å². The summed E-state index contributed by atoms with van der Waals surface area (Å²) in [5, 5.41) is 9.32. The normalized spacial score (nSPS) is 14.0. The SMILES string of the molecule is CCSc1nc(N2CCCCC2)c2cnn(CCNC(=O)Cc3ccc(OC)cc3)c2n1. The van der Waals surface area contributed by atoms with E-state index in [-0.39, 0.29) is 5.91 Å². The molecule has 9 heteroatoms. The van der Waals surface area contributed by atoms with E-state index in [9.17, 15) is 4.79 Å². The molecule has 0 bridgehead atoms. The molecule has 4 rings (SSSR count). The third-order valence-electron chi connectivity index (χ3n) is 5.55. The molecule has 8 nitrogen and oxygen atoms in total. The molecule has 1 aliphatic rings. The Bertz CT molecular complexity index is 1050. The fraction of sp³-hybridized carbons (Fsp3) is 0.478. The molecule has 0 unspecified atom stereocenters. The lowest BCUT2D eigenvalue weighted by Crippen LogP contribution is -2.30. The van der Waals surface area contributed by atoms with Crippen LogP contribution in [0.3, 0.4) is 0 Å². The lowest BCUT2D eigenvalue weighted by Gasteiger charge is -2.28.